The van der Waals surface area contributed by atoms with Crippen LogP contribution >= 0.6 is 0 Å². The van der Waals surface area contributed by atoms with E-state index in [9.17, 15) is 13.6 Å². The molecule has 8 nitrogen and oxygen atoms in total. The van der Waals surface area contributed by atoms with E-state index in [4.69, 9.17) is 4.74 Å². The van der Waals surface area contributed by atoms with Gasteiger partial charge in [0.25, 0.3) is 0 Å². The van der Waals surface area contributed by atoms with Crippen LogP contribution in [0.2, 0.25) is 0 Å². The summed E-state index contributed by atoms with van der Waals surface area (Å²) in [5.41, 5.74) is 2.19. The lowest BCUT2D eigenvalue weighted by Crippen LogP contribution is -2.44. The number of hydrogen-bond acceptors (Lipinski definition) is 7. The number of hydrogen-bond donors (Lipinski definition) is 2. The smallest absolute Gasteiger partial charge is 0.319 e. The Labute approximate surface area is 196 Å². The van der Waals surface area contributed by atoms with Crippen LogP contribution in [0.3, 0.4) is 0 Å². The largest absolute Gasteiger partial charge is 0.462 e. The lowest BCUT2D eigenvalue weighted by atomic mass is 10.0. The molecule has 1 saturated heterocycles. The third-order valence-electron chi connectivity index (χ3n) is 5.45. The molecule has 0 saturated carbocycles. The summed E-state index contributed by atoms with van der Waals surface area (Å²) in [5.74, 6) is -1.33. The summed E-state index contributed by atoms with van der Waals surface area (Å²) in [7, 11) is 0. The van der Waals surface area contributed by atoms with E-state index in [2.05, 4.69) is 30.5 Å². The Morgan fingerprint density at radius 3 is 2.62 bits per heavy atom. The van der Waals surface area contributed by atoms with E-state index in [0.717, 1.165) is 44.5 Å². The van der Waals surface area contributed by atoms with Crippen molar-refractivity contribution in [3.8, 4) is 17.1 Å². The van der Waals surface area contributed by atoms with Crippen molar-refractivity contribution in [1.29, 1.82) is 0 Å². The number of nitrogens with one attached hydrogen (secondary N) is 2. The van der Waals surface area contributed by atoms with Crippen molar-refractivity contribution >= 4 is 5.91 Å². The summed E-state index contributed by atoms with van der Waals surface area (Å²) in [5, 5.41) is 6.02. The van der Waals surface area contributed by atoms with Gasteiger partial charge in [-0.05, 0) is 22.8 Å². The van der Waals surface area contributed by atoms with Gasteiger partial charge < -0.3 is 15.4 Å². The first-order valence-corrected chi connectivity index (χ1v) is 11.1. The van der Waals surface area contributed by atoms with E-state index >= 15 is 0 Å². The van der Waals surface area contributed by atoms with Gasteiger partial charge in [0.2, 0.25) is 11.9 Å². The number of carbonyl (C=O) groups excluding carboxylic acids is 1. The highest BCUT2D eigenvalue weighted by molar-refractivity contribution is 5.78. The van der Waals surface area contributed by atoms with E-state index in [1.54, 1.807) is 24.3 Å². The van der Waals surface area contributed by atoms with Gasteiger partial charge in [0, 0.05) is 51.7 Å². The topological polar surface area (TPSA) is 92.3 Å². The lowest BCUT2D eigenvalue weighted by molar-refractivity contribution is -0.120. The molecular formula is C24H26F2N6O2. The average Bonchev–Trinajstić information content (AvgIpc) is 2.84. The van der Waals surface area contributed by atoms with Gasteiger partial charge in [-0.2, -0.15) is 9.37 Å². The molecule has 0 aliphatic carbocycles. The molecule has 2 N–H and O–H groups in total. The molecule has 0 radical (unpaired) electrons. The molecule has 0 atom stereocenters. The van der Waals surface area contributed by atoms with E-state index in [0.29, 0.717) is 17.7 Å². The fraction of sp³-hybridized carbons (Fsp3) is 0.333. The molecule has 0 bridgehead atoms. The Bertz CT molecular complexity index is 1110. The van der Waals surface area contributed by atoms with Crippen molar-refractivity contribution in [2.24, 2.45) is 0 Å². The van der Waals surface area contributed by atoms with E-state index in [1.807, 2.05) is 0 Å². The third kappa shape index (κ3) is 6.75. The predicted molar refractivity (Wildman–Crippen MR) is 122 cm³/mol. The zero-order valence-corrected chi connectivity index (χ0v) is 18.6. The number of rotatable bonds is 9. The molecule has 0 unspecified atom stereocenters. The number of halogens is 2. The second-order valence-electron chi connectivity index (χ2n) is 7.96. The SMILES string of the molecule is O=C(Cc1ccc(-c2cnc(OCCN3CCNCC3)nc2F)cc1)NCc1cncc(F)c1. The summed E-state index contributed by atoms with van der Waals surface area (Å²) >= 11 is 0. The number of amides is 1. The first-order valence-electron chi connectivity index (χ1n) is 11.1. The van der Waals surface area contributed by atoms with Gasteiger partial charge in [-0.25, -0.2) is 9.37 Å². The number of carbonyl (C=O) groups is 1. The third-order valence-corrected chi connectivity index (χ3v) is 5.45. The second kappa shape index (κ2) is 11.6. The van der Waals surface area contributed by atoms with E-state index in [-0.39, 0.29) is 30.4 Å². The van der Waals surface area contributed by atoms with Gasteiger partial charge in [-0.15, -0.1) is 0 Å². The molecule has 10 heteroatoms. The molecule has 4 rings (SSSR count). The molecule has 3 aromatic rings. The first kappa shape index (κ1) is 23.7. The van der Waals surface area contributed by atoms with Crippen molar-refractivity contribution in [3.63, 3.8) is 0 Å². The van der Waals surface area contributed by atoms with Gasteiger partial charge in [0.1, 0.15) is 12.4 Å². The minimum absolute atomic E-state index is 0.0122. The van der Waals surface area contributed by atoms with Gasteiger partial charge in [-0.1, -0.05) is 24.3 Å². The number of piperazine rings is 1. The molecule has 1 aromatic carbocycles. The van der Waals surface area contributed by atoms with Crippen molar-refractivity contribution in [2.75, 3.05) is 39.3 Å². The van der Waals surface area contributed by atoms with Crippen LogP contribution in [-0.2, 0) is 17.8 Å². The van der Waals surface area contributed by atoms with Crippen molar-refractivity contribution in [1.82, 2.24) is 30.5 Å². The van der Waals surface area contributed by atoms with Crippen LogP contribution in [0.5, 0.6) is 6.01 Å². The van der Waals surface area contributed by atoms with Crippen molar-refractivity contribution < 1.29 is 18.3 Å². The Morgan fingerprint density at radius 1 is 1.09 bits per heavy atom. The normalized spacial score (nSPS) is 14.1. The molecule has 0 spiro atoms. The van der Waals surface area contributed by atoms with Crippen LogP contribution in [0.15, 0.2) is 48.9 Å². The Morgan fingerprint density at radius 2 is 1.88 bits per heavy atom. The number of nitrogens with zero attached hydrogens (tertiary/aromatic N) is 4. The molecule has 3 heterocycles. The van der Waals surface area contributed by atoms with Crippen LogP contribution < -0.4 is 15.4 Å². The number of ether oxygens (including phenoxy) is 1. The fourth-order valence-electron chi connectivity index (χ4n) is 3.61. The summed E-state index contributed by atoms with van der Waals surface area (Å²) < 4.78 is 33.3. The fourth-order valence-corrected chi connectivity index (χ4v) is 3.61. The Kier molecular flexibility index (Phi) is 8.05. The predicted octanol–water partition coefficient (Wildman–Crippen LogP) is 1.96. The monoisotopic (exact) mass is 468 g/mol. The maximum absolute atomic E-state index is 14.6. The maximum Gasteiger partial charge on any atom is 0.319 e. The van der Waals surface area contributed by atoms with Crippen molar-refractivity contribution in [3.05, 3.63) is 71.8 Å². The highest BCUT2D eigenvalue weighted by Gasteiger charge is 2.13. The molecule has 1 fully saturated rings. The van der Waals surface area contributed by atoms with Crippen LogP contribution in [0.25, 0.3) is 11.1 Å². The number of pyridine rings is 1. The van der Waals surface area contributed by atoms with Gasteiger partial charge in [-0.3, -0.25) is 14.7 Å². The first-order chi connectivity index (χ1) is 16.6. The zero-order valence-electron chi connectivity index (χ0n) is 18.6. The van der Waals surface area contributed by atoms with Crippen LogP contribution in [-0.4, -0.2) is 65.1 Å². The van der Waals surface area contributed by atoms with E-state index in [1.165, 1.54) is 18.5 Å². The maximum atomic E-state index is 14.6. The quantitative estimate of drug-likeness (QED) is 0.464. The molecule has 34 heavy (non-hydrogen) atoms. The van der Waals surface area contributed by atoms with Crippen LogP contribution in [0.1, 0.15) is 11.1 Å². The van der Waals surface area contributed by atoms with Crippen LogP contribution in [0, 0.1) is 11.8 Å². The highest BCUT2D eigenvalue weighted by atomic mass is 19.1. The van der Waals surface area contributed by atoms with Crippen molar-refractivity contribution in [2.45, 2.75) is 13.0 Å². The van der Waals surface area contributed by atoms with E-state index < -0.39 is 11.8 Å². The summed E-state index contributed by atoms with van der Waals surface area (Å²) in [6.45, 7) is 5.15. The molecule has 2 aromatic heterocycles. The molecule has 1 amide bonds. The molecule has 1 aliphatic heterocycles. The molecule has 178 valence electrons. The minimum atomic E-state index is -0.665. The average molecular weight is 469 g/mol. The second-order valence-corrected chi connectivity index (χ2v) is 7.96. The standard InChI is InChI=1S/C24H26F2N6O2/c25-20-11-18(13-28-15-20)14-29-22(33)12-17-1-3-19(4-2-17)21-16-30-24(31-23(21)26)34-10-9-32-7-5-27-6-8-32/h1-4,11,13,15-16,27H,5-10,12,14H2,(H,29,33). The Hall–Kier alpha value is -3.50. The van der Waals surface area contributed by atoms with Gasteiger partial charge in [0.15, 0.2) is 0 Å². The van der Waals surface area contributed by atoms with Crippen LogP contribution in [0.4, 0.5) is 8.78 Å². The lowest BCUT2D eigenvalue weighted by Gasteiger charge is -2.26. The Balaban J connectivity index is 1.28. The zero-order chi connectivity index (χ0) is 23.8. The summed E-state index contributed by atoms with van der Waals surface area (Å²) in [6.07, 6.45) is 4.15. The summed E-state index contributed by atoms with van der Waals surface area (Å²) in [6, 6.07) is 8.25. The highest BCUT2D eigenvalue weighted by Crippen LogP contribution is 2.23. The van der Waals surface area contributed by atoms with Gasteiger partial charge in [0.05, 0.1) is 18.2 Å². The number of aromatic nitrogens is 3. The molecular weight excluding hydrogens is 442 g/mol. The minimum Gasteiger partial charge on any atom is -0.462 e. The van der Waals surface area contributed by atoms with Gasteiger partial charge >= 0.3 is 6.01 Å². The number of benzene rings is 1. The molecule has 1 aliphatic rings. The summed E-state index contributed by atoms with van der Waals surface area (Å²) in [4.78, 5) is 26.2.